The zero-order valence-electron chi connectivity index (χ0n) is 11.4. The summed E-state index contributed by atoms with van der Waals surface area (Å²) in [4.78, 5) is 3.63. The first kappa shape index (κ1) is 10.9. The van der Waals surface area contributed by atoms with E-state index in [-0.39, 0.29) is 0 Å². The van der Waals surface area contributed by atoms with E-state index in [0.717, 1.165) is 0 Å². The lowest BCUT2D eigenvalue weighted by Gasteiger charge is -2.03. The standard InChI is InChI=1S/C20H13N/c1-5-13-7-3-11-17-19(13)15(9-1)16-10-2-6-14-8-4-12-18(21-17)20(14)16/h1-12,21H. The van der Waals surface area contributed by atoms with Crippen LogP contribution >= 0.6 is 0 Å². The third-order valence-electron chi connectivity index (χ3n) is 4.37. The van der Waals surface area contributed by atoms with Gasteiger partial charge >= 0.3 is 0 Å². The van der Waals surface area contributed by atoms with Crippen LogP contribution in [0.3, 0.4) is 0 Å². The van der Waals surface area contributed by atoms with Crippen LogP contribution in [0.5, 0.6) is 0 Å². The normalized spacial score (nSPS) is 11.8. The molecule has 0 saturated heterocycles. The van der Waals surface area contributed by atoms with Crippen molar-refractivity contribution in [3.05, 3.63) is 72.8 Å². The minimum atomic E-state index is 1.19. The summed E-state index contributed by atoms with van der Waals surface area (Å²) in [5.41, 5.74) is 2.37. The van der Waals surface area contributed by atoms with Crippen LogP contribution in [0.25, 0.3) is 43.4 Å². The van der Waals surface area contributed by atoms with Crippen LogP contribution < -0.4 is 0 Å². The number of hydrogen-bond acceptors (Lipinski definition) is 0. The number of rotatable bonds is 0. The molecular weight excluding hydrogens is 254 g/mol. The summed E-state index contributed by atoms with van der Waals surface area (Å²) in [6.07, 6.45) is 0. The van der Waals surface area contributed by atoms with E-state index >= 15 is 0 Å². The molecule has 0 fully saturated rings. The second-order valence-corrected chi connectivity index (χ2v) is 5.54. The van der Waals surface area contributed by atoms with E-state index in [4.69, 9.17) is 0 Å². The van der Waals surface area contributed by atoms with Gasteiger partial charge in [0.2, 0.25) is 0 Å². The second-order valence-electron chi connectivity index (χ2n) is 5.54. The van der Waals surface area contributed by atoms with Gasteiger partial charge in [-0.2, -0.15) is 0 Å². The first-order chi connectivity index (χ1) is 10.4. The van der Waals surface area contributed by atoms with Gasteiger partial charge in [-0.15, -0.1) is 0 Å². The Hall–Kier alpha value is -2.80. The second kappa shape index (κ2) is 3.86. The van der Waals surface area contributed by atoms with Gasteiger partial charge in [0.1, 0.15) is 0 Å². The molecule has 5 aromatic rings. The Bertz CT molecular complexity index is 1030. The average Bonchev–Trinajstić information content (AvgIpc) is 2.67. The fraction of sp³-hybridized carbons (Fsp3) is 0. The summed E-state index contributed by atoms with van der Waals surface area (Å²) in [5, 5.41) is 7.80. The monoisotopic (exact) mass is 267 g/mol. The molecule has 1 nitrogen and oxygen atoms in total. The van der Waals surface area contributed by atoms with Gasteiger partial charge in [0, 0.05) is 21.8 Å². The molecule has 0 unspecified atom stereocenters. The molecular formula is C20H13N. The number of aromatic amines is 1. The van der Waals surface area contributed by atoms with Crippen molar-refractivity contribution in [2.45, 2.75) is 0 Å². The third kappa shape index (κ3) is 1.40. The lowest BCUT2D eigenvalue weighted by atomic mass is 10.00. The zero-order chi connectivity index (χ0) is 13.8. The summed E-state index contributed by atoms with van der Waals surface area (Å²) in [6, 6.07) is 26.0. The third-order valence-corrected chi connectivity index (χ3v) is 4.37. The van der Waals surface area contributed by atoms with Gasteiger partial charge in [-0.05, 0) is 33.7 Å². The number of H-pyrrole nitrogens is 1. The molecule has 1 heteroatoms. The van der Waals surface area contributed by atoms with Crippen molar-refractivity contribution in [2.75, 3.05) is 0 Å². The Kier molecular flexibility index (Phi) is 2.01. The Labute approximate surface area is 121 Å². The quantitative estimate of drug-likeness (QED) is 0.374. The molecule has 0 amide bonds. The summed E-state index contributed by atoms with van der Waals surface area (Å²) in [7, 11) is 0. The largest absolute Gasteiger partial charge is 0.354 e. The highest BCUT2D eigenvalue weighted by Crippen LogP contribution is 2.34. The van der Waals surface area contributed by atoms with Gasteiger partial charge < -0.3 is 4.98 Å². The van der Waals surface area contributed by atoms with Gasteiger partial charge in [0.15, 0.2) is 0 Å². The molecule has 0 aliphatic heterocycles. The molecule has 0 saturated carbocycles. The first-order valence-electron chi connectivity index (χ1n) is 7.23. The molecule has 0 atom stereocenters. The fourth-order valence-corrected chi connectivity index (χ4v) is 3.48. The highest BCUT2D eigenvalue weighted by Gasteiger charge is 2.08. The lowest BCUT2D eigenvalue weighted by Crippen LogP contribution is -1.76. The molecule has 0 bridgehead atoms. The van der Waals surface area contributed by atoms with E-state index in [1.807, 2.05) is 0 Å². The molecule has 1 aromatic heterocycles. The van der Waals surface area contributed by atoms with Gasteiger partial charge in [0.25, 0.3) is 0 Å². The van der Waals surface area contributed by atoms with Crippen LogP contribution in [0.1, 0.15) is 0 Å². The number of benzene rings is 4. The predicted molar refractivity (Wildman–Crippen MR) is 90.8 cm³/mol. The maximum absolute atomic E-state index is 3.63. The minimum Gasteiger partial charge on any atom is -0.354 e. The molecule has 98 valence electrons. The van der Waals surface area contributed by atoms with E-state index < -0.39 is 0 Å². The maximum atomic E-state index is 3.63. The highest BCUT2D eigenvalue weighted by atomic mass is 14.7. The van der Waals surface area contributed by atoms with E-state index in [1.165, 1.54) is 43.4 Å². The number of hydrogen-bond donors (Lipinski definition) is 1. The van der Waals surface area contributed by atoms with Gasteiger partial charge in [-0.1, -0.05) is 60.7 Å². The molecule has 0 spiro atoms. The van der Waals surface area contributed by atoms with Crippen LogP contribution in [-0.4, -0.2) is 4.98 Å². The van der Waals surface area contributed by atoms with Crippen molar-refractivity contribution in [1.82, 2.24) is 4.98 Å². The SMILES string of the molecule is c1cc2cccc3c4cccc5cccc([nH]c(c1)c23)c54. The molecule has 1 heterocycles. The molecule has 0 radical (unpaired) electrons. The number of fused-ring (bicyclic) bond motifs is 1. The van der Waals surface area contributed by atoms with Crippen molar-refractivity contribution in [3.8, 4) is 0 Å². The molecule has 21 heavy (non-hydrogen) atoms. The van der Waals surface area contributed by atoms with Gasteiger partial charge in [0.05, 0.1) is 0 Å². The number of nitrogens with one attached hydrogen (secondary N) is 1. The molecule has 5 rings (SSSR count). The average molecular weight is 267 g/mol. The van der Waals surface area contributed by atoms with Crippen molar-refractivity contribution in [2.24, 2.45) is 0 Å². The van der Waals surface area contributed by atoms with E-state index in [9.17, 15) is 0 Å². The van der Waals surface area contributed by atoms with Crippen molar-refractivity contribution in [1.29, 1.82) is 0 Å². The van der Waals surface area contributed by atoms with Crippen molar-refractivity contribution < 1.29 is 0 Å². The van der Waals surface area contributed by atoms with E-state index in [1.54, 1.807) is 0 Å². The predicted octanol–water partition coefficient (Wildman–Crippen LogP) is 5.63. The van der Waals surface area contributed by atoms with Crippen LogP contribution in [-0.2, 0) is 0 Å². The van der Waals surface area contributed by atoms with Crippen molar-refractivity contribution in [3.63, 3.8) is 0 Å². The maximum Gasteiger partial charge on any atom is 0.0470 e. The summed E-state index contributed by atoms with van der Waals surface area (Å²) >= 11 is 0. The topological polar surface area (TPSA) is 15.8 Å². The Balaban J connectivity index is 2.30. The van der Waals surface area contributed by atoms with Crippen LogP contribution in [0.2, 0.25) is 0 Å². The van der Waals surface area contributed by atoms with Crippen LogP contribution in [0.15, 0.2) is 72.8 Å². The Morgan fingerprint density at radius 2 is 0.905 bits per heavy atom. The first-order valence-corrected chi connectivity index (χ1v) is 7.23. The molecule has 0 aliphatic rings. The summed E-state index contributed by atoms with van der Waals surface area (Å²) in [5.74, 6) is 0. The minimum absolute atomic E-state index is 1.19. The summed E-state index contributed by atoms with van der Waals surface area (Å²) < 4.78 is 0. The highest BCUT2D eigenvalue weighted by molar-refractivity contribution is 6.23. The van der Waals surface area contributed by atoms with Gasteiger partial charge in [-0.3, -0.25) is 0 Å². The smallest absolute Gasteiger partial charge is 0.0470 e. The molecule has 4 aromatic carbocycles. The molecule has 0 aliphatic carbocycles. The Morgan fingerprint density at radius 1 is 0.476 bits per heavy atom. The summed E-state index contributed by atoms with van der Waals surface area (Å²) in [6.45, 7) is 0. The van der Waals surface area contributed by atoms with E-state index in [2.05, 4.69) is 77.8 Å². The molecule has 1 N–H and O–H groups in total. The Morgan fingerprint density at radius 3 is 1.38 bits per heavy atom. The fourth-order valence-electron chi connectivity index (χ4n) is 3.48. The number of aromatic nitrogens is 1. The van der Waals surface area contributed by atoms with Crippen LogP contribution in [0.4, 0.5) is 0 Å². The lowest BCUT2D eigenvalue weighted by molar-refractivity contribution is 1.53. The zero-order valence-corrected chi connectivity index (χ0v) is 11.4. The van der Waals surface area contributed by atoms with Crippen molar-refractivity contribution >= 4 is 43.4 Å². The van der Waals surface area contributed by atoms with Gasteiger partial charge in [-0.25, -0.2) is 0 Å². The van der Waals surface area contributed by atoms with E-state index in [0.29, 0.717) is 0 Å². The van der Waals surface area contributed by atoms with Crippen LogP contribution in [0, 0.1) is 0 Å².